The van der Waals surface area contributed by atoms with Crippen LogP contribution in [0.15, 0.2) is 18.2 Å². The number of fused-ring (bicyclic) bond motifs is 1. The van der Waals surface area contributed by atoms with E-state index < -0.39 is 5.97 Å². The maximum atomic E-state index is 11.2. The molecule has 104 valence electrons. The molecule has 0 spiro atoms. The van der Waals surface area contributed by atoms with E-state index in [2.05, 4.69) is 10.2 Å². The van der Waals surface area contributed by atoms with Crippen LogP contribution >= 0.6 is 0 Å². The number of carboxylic acid groups (broad SMARTS) is 1. The fourth-order valence-corrected chi connectivity index (χ4v) is 2.40. The van der Waals surface area contributed by atoms with E-state index in [1.54, 1.807) is 12.1 Å². The number of para-hydroxylation sites is 1. The number of carbonyl (C=O) groups is 1. The third-order valence-electron chi connectivity index (χ3n) is 3.54. The van der Waals surface area contributed by atoms with Gasteiger partial charge in [-0.25, -0.2) is 4.79 Å². The molecule has 2 rings (SSSR count). The third-order valence-corrected chi connectivity index (χ3v) is 3.54. The van der Waals surface area contributed by atoms with Gasteiger partial charge in [0, 0.05) is 7.05 Å². The Morgan fingerprint density at radius 2 is 2.37 bits per heavy atom. The number of benzene rings is 1. The molecule has 0 radical (unpaired) electrons. The number of hydrogen-bond acceptors (Lipinski definition) is 4. The lowest BCUT2D eigenvalue weighted by Crippen LogP contribution is -2.41. The first-order chi connectivity index (χ1) is 9.15. The largest absolute Gasteiger partial charge is 0.488 e. The van der Waals surface area contributed by atoms with Crippen LogP contribution in [0.25, 0.3) is 0 Å². The molecule has 1 aliphatic rings. The topological polar surface area (TPSA) is 61.8 Å². The summed E-state index contributed by atoms with van der Waals surface area (Å²) >= 11 is 0. The van der Waals surface area contributed by atoms with Gasteiger partial charge >= 0.3 is 5.97 Å². The second-order valence-electron chi connectivity index (χ2n) is 4.78. The van der Waals surface area contributed by atoms with Gasteiger partial charge in [0.1, 0.15) is 12.2 Å². The second kappa shape index (κ2) is 5.93. The molecule has 0 saturated heterocycles. The summed E-state index contributed by atoms with van der Waals surface area (Å²) in [4.78, 5) is 13.3. The molecule has 1 aromatic carbocycles. The monoisotopic (exact) mass is 264 g/mol. The van der Waals surface area contributed by atoms with Gasteiger partial charge in [0.2, 0.25) is 0 Å². The Morgan fingerprint density at radius 3 is 3.05 bits per heavy atom. The molecule has 0 bridgehead atoms. The highest BCUT2D eigenvalue weighted by molar-refractivity contribution is 5.93. The third kappa shape index (κ3) is 2.81. The predicted octanol–water partition coefficient (Wildman–Crippen LogP) is 1.58. The molecule has 19 heavy (non-hydrogen) atoms. The minimum absolute atomic E-state index is 0.234. The van der Waals surface area contributed by atoms with Crippen molar-refractivity contribution in [1.82, 2.24) is 5.32 Å². The molecule has 0 fully saturated rings. The van der Waals surface area contributed by atoms with E-state index in [1.807, 2.05) is 20.2 Å². The zero-order valence-corrected chi connectivity index (χ0v) is 11.3. The summed E-state index contributed by atoms with van der Waals surface area (Å²) in [5.74, 6) is -0.457. The average molecular weight is 264 g/mol. The van der Waals surface area contributed by atoms with E-state index in [0.717, 1.165) is 25.1 Å². The normalized spacial score (nSPS) is 17.8. The number of carboxylic acids is 1. The van der Waals surface area contributed by atoms with Crippen molar-refractivity contribution >= 4 is 11.7 Å². The van der Waals surface area contributed by atoms with E-state index in [0.29, 0.717) is 18.4 Å². The maximum Gasteiger partial charge on any atom is 0.339 e. The molecule has 5 nitrogen and oxygen atoms in total. The van der Waals surface area contributed by atoms with Crippen LogP contribution in [0.2, 0.25) is 0 Å². The number of aromatic carboxylic acids is 1. The van der Waals surface area contributed by atoms with E-state index in [4.69, 9.17) is 9.84 Å². The summed E-state index contributed by atoms with van der Waals surface area (Å²) in [7, 11) is 3.94. The average Bonchev–Trinajstić information content (AvgIpc) is 2.41. The first-order valence-corrected chi connectivity index (χ1v) is 6.51. The van der Waals surface area contributed by atoms with Crippen LogP contribution in [-0.4, -0.2) is 44.4 Å². The highest BCUT2D eigenvalue weighted by Crippen LogP contribution is 2.36. The first kappa shape index (κ1) is 13.7. The van der Waals surface area contributed by atoms with Gasteiger partial charge in [-0.15, -0.1) is 0 Å². The lowest BCUT2D eigenvalue weighted by molar-refractivity contribution is 0.0691. The van der Waals surface area contributed by atoms with Crippen LogP contribution in [0.1, 0.15) is 23.2 Å². The Bertz CT molecular complexity index is 462. The zero-order valence-electron chi connectivity index (χ0n) is 11.3. The molecule has 0 saturated carbocycles. The van der Waals surface area contributed by atoms with E-state index in [9.17, 15) is 4.79 Å². The minimum Gasteiger partial charge on any atom is -0.488 e. The lowest BCUT2D eigenvalue weighted by Gasteiger charge is -2.36. The summed E-state index contributed by atoms with van der Waals surface area (Å²) in [5.41, 5.74) is 1.10. The fourth-order valence-electron chi connectivity index (χ4n) is 2.40. The summed E-state index contributed by atoms with van der Waals surface area (Å²) in [6, 6.07) is 5.55. The van der Waals surface area contributed by atoms with Gasteiger partial charge < -0.3 is 20.1 Å². The van der Waals surface area contributed by atoms with Crippen LogP contribution in [0.5, 0.6) is 5.75 Å². The first-order valence-electron chi connectivity index (χ1n) is 6.51. The number of nitrogens with one attached hydrogen (secondary N) is 1. The molecule has 1 aromatic rings. The lowest BCUT2D eigenvalue weighted by atomic mass is 10.1. The van der Waals surface area contributed by atoms with Crippen molar-refractivity contribution in [2.45, 2.75) is 18.9 Å². The number of ether oxygens (including phenoxy) is 1. The van der Waals surface area contributed by atoms with E-state index in [-0.39, 0.29) is 5.56 Å². The van der Waals surface area contributed by atoms with Gasteiger partial charge in [-0.3, -0.25) is 0 Å². The van der Waals surface area contributed by atoms with Crippen molar-refractivity contribution in [2.75, 3.05) is 32.1 Å². The molecule has 1 unspecified atom stereocenters. The smallest absolute Gasteiger partial charge is 0.339 e. The molecule has 1 heterocycles. The Hall–Kier alpha value is -1.75. The van der Waals surface area contributed by atoms with Crippen molar-refractivity contribution in [3.05, 3.63) is 23.8 Å². The number of hydrogen-bond donors (Lipinski definition) is 2. The Morgan fingerprint density at radius 1 is 1.58 bits per heavy atom. The van der Waals surface area contributed by atoms with Gasteiger partial charge in [0.25, 0.3) is 0 Å². The molecule has 0 aliphatic carbocycles. The molecular weight excluding hydrogens is 244 g/mol. The van der Waals surface area contributed by atoms with Gasteiger partial charge in [-0.05, 0) is 38.6 Å². The zero-order chi connectivity index (χ0) is 13.8. The van der Waals surface area contributed by atoms with Crippen LogP contribution in [0.3, 0.4) is 0 Å². The van der Waals surface area contributed by atoms with Crippen molar-refractivity contribution in [3.63, 3.8) is 0 Å². The summed E-state index contributed by atoms with van der Waals surface area (Å²) in [6.45, 7) is 1.52. The van der Waals surface area contributed by atoms with Crippen LogP contribution in [-0.2, 0) is 0 Å². The minimum atomic E-state index is -0.945. The number of anilines is 1. The van der Waals surface area contributed by atoms with Crippen LogP contribution in [0.4, 0.5) is 5.69 Å². The molecule has 5 heteroatoms. The maximum absolute atomic E-state index is 11.2. The second-order valence-corrected chi connectivity index (χ2v) is 4.78. The van der Waals surface area contributed by atoms with Crippen molar-refractivity contribution in [3.8, 4) is 5.75 Å². The molecule has 0 aromatic heterocycles. The van der Waals surface area contributed by atoms with Crippen LogP contribution < -0.4 is 15.0 Å². The molecule has 1 atom stereocenters. The van der Waals surface area contributed by atoms with Gasteiger partial charge in [0.15, 0.2) is 5.75 Å². The summed E-state index contributed by atoms with van der Waals surface area (Å²) < 4.78 is 5.69. The molecule has 0 amide bonds. The fraction of sp³-hybridized carbons (Fsp3) is 0.500. The Labute approximate surface area is 113 Å². The quantitative estimate of drug-likeness (QED) is 0.791. The van der Waals surface area contributed by atoms with Crippen molar-refractivity contribution < 1.29 is 14.6 Å². The predicted molar refractivity (Wildman–Crippen MR) is 74.2 cm³/mol. The van der Waals surface area contributed by atoms with Crippen molar-refractivity contribution in [2.24, 2.45) is 0 Å². The Kier molecular flexibility index (Phi) is 4.27. The highest BCUT2D eigenvalue weighted by Gasteiger charge is 2.27. The highest BCUT2D eigenvalue weighted by atomic mass is 16.5. The van der Waals surface area contributed by atoms with Gasteiger partial charge in [0.05, 0.1) is 11.7 Å². The van der Waals surface area contributed by atoms with Gasteiger partial charge in [-0.2, -0.15) is 0 Å². The van der Waals surface area contributed by atoms with Gasteiger partial charge in [-0.1, -0.05) is 6.07 Å². The summed E-state index contributed by atoms with van der Waals surface area (Å²) in [5, 5.41) is 12.3. The number of rotatable bonds is 5. The molecule has 2 N–H and O–H groups in total. The molecular formula is C14H20N2O3. The van der Waals surface area contributed by atoms with Crippen molar-refractivity contribution in [1.29, 1.82) is 0 Å². The molecule has 1 aliphatic heterocycles. The van der Waals surface area contributed by atoms with E-state index >= 15 is 0 Å². The standard InChI is InChI=1S/C14H20N2O3/c1-15-8-4-5-10-9-19-13-11(14(17)18)6-3-7-12(13)16(10)2/h3,6-7,10,15H,4-5,8-9H2,1-2H3,(H,17,18). The van der Waals surface area contributed by atoms with E-state index in [1.165, 1.54) is 0 Å². The number of likely N-dealkylation sites (N-methyl/N-ethyl adjacent to an activating group) is 1. The SMILES string of the molecule is CNCCCC1COc2c(C(=O)O)cccc2N1C. The number of nitrogens with zero attached hydrogens (tertiary/aromatic N) is 1. The Balaban J connectivity index is 2.17. The van der Waals surface area contributed by atoms with Crippen LogP contribution in [0, 0.1) is 0 Å². The summed E-state index contributed by atoms with van der Waals surface area (Å²) in [6.07, 6.45) is 2.09.